The molecule has 2 aromatic rings. The van der Waals surface area contributed by atoms with E-state index >= 15 is 0 Å². The molecule has 0 spiro atoms. The standard InChI is InChI=1S/C19H21N3O/c1-11-5-18(22-9-14-8-20-19(23)16(14)10-22)21-17-7-13-4-2-3-12(13)6-15(11)17/h5-7,14,16H,2-4,8-10H2,1H3,(H,20,23)/t14-,16+/m0/s1. The minimum absolute atomic E-state index is 0.146. The van der Waals surface area contributed by atoms with Gasteiger partial charge in [0.25, 0.3) is 0 Å². The van der Waals surface area contributed by atoms with Crippen molar-refractivity contribution < 1.29 is 4.79 Å². The fourth-order valence-corrected chi connectivity index (χ4v) is 4.53. The molecule has 23 heavy (non-hydrogen) atoms. The van der Waals surface area contributed by atoms with Gasteiger partial charge >= 0.3 is 0 Å². The smallest absolute Gasteiger partial charge is 0.225 e. The van der Waals surface area contributed by atoms with Crippen molar-refractivity contribution in [2.45, 2.75) is 26.2 Å². The predicted octanol–water partition coefficient (Wildman–Crippen LogP) is 2.21. The Hall–Kier alpha value is -2.10. The molecule has 0 unspecified atom stereocenters. The number of carbonyl (C=O) groups is 1. The number of benzene rings is 1. The van der Waals surface area contributed by atoms with Gasteiger partial charge in [-0.25, -0.2) is 4.98 Å². The highest BCUT2D eigenvalue weighted by molar-refractivity contribution is 5.86. The first kappa shape index (κ1) is 13.3. The molecule has 2 atom stereocenters. The molecule has 1 aromatic carbocycles. The fourth-order valence-electron chi connectivity index (χ4n) is 4.53. The number of anilines is 1. The van der Waals surface area contributed by atoms with Crippen molar-refractivity contribution in [2.24, 2.45) is 11.8 Å². The molecule has 2 saturated heterocycles. The van der Waals surface area contributed by atoms with Gasteiger partial charge < -0.3 is 10.2 Å². The molecule has 0 saturated carbocycles. The van der Waals surface area contributed by atoms with Gasteiger partial charge in [-0.1, -0.05) is 0 Å². The largest absolute Gasteiger partial charge is 0.355 e. The van der Waals surface area contributed by atoms with E-state index in [0.717, 1.165) is 31.0 Å². The van der Waals surface area contributed by atoms with Crippen LogP contribution in [0.15, 0.2) is 18.2 Å². The number of nitrogens with one attached hydrogen (secondary N) is 1. The molecule has 0 radical (unpaired) electrons. The lowest BCUT2D eigenvalue weighted by Gasteiger charge is -2.20. The van der Waals surface area contributed by atoms with Crippen LogP contribution < -0.4 is 10.2 Å². The van der Waals surface area contributed by atoms with Crippen molar-refractivity contribution in [3.63, 3.8) is 0 Å². The molecule has 1 amide bonds. The molecule has 0 bridgehead atoms. The van der Waals surface area contributed by atoms with Gasteiger partial charge in [-0.3, -0.25) is 4.79 Å². The summed E-state index contributed by atoms with van der Waals surface area (Å²) in [6.07, 6.45) is 3.66. The second kappa shape index (κ2) is 4.70. The van der Waals surface area contributed by atoms with Crippen LogP contribution in [0.3, 0.4) is 0 Å². The van der Waals surface area contributed by atoms with E-state index < -0.39 is 0 Å². The van der Waals surface area contributed by atoms with Crippen LogP contribution in [0.2, 0.25) is 0 Å². The number of amides is 1. The summed E-state index contributed by atoms with van der Waals surface area (Å²) in [7, 11) is 0. The van der Waals surface area contributed by atoms with E-state index in [0.29, 0.717) is 5.92 Å². The van der Waals surface area contributed by atoms with Crippen LogP contribution in [-0.2, 0) is 17.6 Å². The Balaban J connectivity index is 1.55. The zero-order chi connectivity index (χ0) is 15.6. The number of pyridine rings is 1. The van der Waals surface area contributed by atoms with Crippen LogP contribution in [0, 0.1) is 18.8 Å². The van der Waals surface area contributed by atoms with Gasteiger partial charge in [-0.05, 0) is 61.1 Å². The molecule has 5 rings (SSSR count). The highest BCUT2D eigenvalue weighted by atomic mass is 16.2. The van der Waals surface area contributed by atoms with Gasteiger partial charge in [0.1, 0.15) is 5.82 Å². The second-order valence-electron chi connectivity index (χ2n) is 7.31. The van der Waals surface area contributed by atoms with E-state index in [9.17, 15) is 4.79 Å². The number of fused-ring (bicyclic) bond motifs is 3. The summed E-state index contributed by atoms with van der Waals surface area (Å²) >= 11 is 0. The third kappa shape index (κ3) is 1.97. The van der Waals surface area contributed by atoms with Gasteiger partial charge in [0.15, 0.2) is 0 Å². The monoisotopic (exact) mass is 307 g/mol. The first-order valence-corrected chi connectivity index (χ1v) is 8.65. The van der Waals surface area contributed by atoms with Gasteiger partial charge in [0, 0.05) is 30.9 Å². The van der Waals surface area contributed by atoms with Crippen LogP contribution in [0.5, 0.6) is 0 Å². The first-order chi connectivity index (χ1) is 11.2. The van der Waals surface area contributed by atoms with Crippen LogP contribution in [0.4, 0.5) is 5.82 Å². The molecule has 118 valence electrons. The van der Waals surface area contributed by atoms with Gasteiger partial charge in [-0.2, -0.15) is 0 Å². The van der Waals surface area contributed by atoms with E-state index in [2.05, 4.69) is 35.3 Å². The van der Waals surface area contributed by atoms with Crippen molar-refractivity contribution in [3.8, 4) is 0 Å². The van der Waals surface area contributed by atoms with E-state index in [1.54, 1.807) is 0 Å². The molecule has 1 N–H and O–H groups in total. The molecule has 3 heterocycles. The molecule has 1 aliphatic carbocycles. The maximum Gasteiger partial charge on any atom is 0.225 e. The fraction of sp³-hybridized carbons (Fsp3) is 0.474. The Morgan fingerprint density at radius 2 is 2.00 bits per heavy atom. The number of nitrogens with zero attached hydrogens (tertiary/aromatic N) is 2. The second-order valence-corrected chi connectivity index (χ2v) is 7.31. The summed E-state index contributed by atoms with van der Waals surface area (Å²) in [5, 5.41) is 4.26. The minimum Gasteiger partial charge on any atom is -0.355 e. The Labute approximate surface area is 135 Å². The average molecular weight is 307 g/mol. The Morgan fingerprint density at radius 1 is 1.17 bits per heavy atom. The van der Waals surface area contributed by atoms with Crippen LogP contribution >= 0.6 is 0 Å². The van der Waals surface area contributed by atoms with Crippen LogP contribution in [0.25, 0.3) is 10.9 Å². The maximum absolute atomic E-state index is 11.9. The van der Waals surface area contributed by atoms with E-state index in [-0.39, 0.29) is 11.8 Å². The number of rotatable bonds is 1. The molecule has 1 aromatic heterocycles. The third-order valence-electron chi connectivity index (χ3n) is 5.86. The SMILES string of the molecule is Cc1cc(N2C[C@@H]3CNC(=O)[C@@H]3C2)nc2cc3c(cc12)CCC3. The van der Waals surface area contributed by atoms with Crippen LogP contribution in [0.1, 0.15) is 23.1 Å². The summed E-state index contributed by atoms with van der Waals surface area (Å²) in [4.78, 5) is 19.1. The molecular weight excluding hydrogens is 286 g/mol. The van der Waals surface area contributed by atoms with E-state index in [1.807, 2.05) is 0 Å². The lowest BCUT2D eigenvalue weighted by Crippen LogP contribution is -2.29. The topological polar surface area (TPSA) is 45.2 Å². The predicted molar refractivity (Wildman–Crippen MR) is 90.7 cm³/mol. The molecule has 4 nitrogen and oxygen atoms in total. The summed E-state index contributed by atoms with van der Waals surface area (Å²) in [5.41, 5.74) is 5.38. The lowest BCUT2D eigenvalue weighted by molar-refractivity contribution is -0.122. The maximum atomic E-state index is 11.9. The van der Waals surface area contributed by atoms with Crippen molar-refractivity contribution in [1.29, 1.82) is 0 Å². The lowest BCUT2D eigenvalue weighted by atomic mass is 10.0. The summed E-state index contributed by atoms with van der Waals surface area (Å²) in [6, 6.07) is 6.83. The first-order valence-electron chi connectivity index (χ1n) is 8.65. The van der Waals surface area contributed by atoms with Crippen molar-refractivity contribution >= 4 is 22.6 Å². The van der Waals surface area contributed by atoms with E-state index in [1.165, 1.54) is 41.3 Å². The summed E-state index contributed by atoms with van der Waals surface area (Å²) in [6.45, 7) is 4.74. The number of aryl methyl sites for hydroxylation is 3. The normalized spacial score (nSPS) is 25.8. The number of aromatic nitrogens is 1. The zero-order valence-corrected chi connectivity index (χ0v) is 13.4. The highest BCUT2D eigenvalue weighted by Crippen LogP contribution is 2.34. The number of hydrogen-bond acceptors (Lipinski definition) is 3. The van der Waals surface area contributed by atoms with Crippen molar-refractivity contribution in [1.82, 2.24) is 10.3 Å². The summed E-state index contributed by atoms with van der Waals surface area (Å²) < 4.78 is 0. The zero-order valence-electron chi connectivity index (χ0n) is 13.4. The van der Waals surface area contributed by atoms with E-state index in [4.69, 9.17) is 4.98 Å². The third-order valence-corrected chi connectivity index (χ3v) is 5.86. The number of hydrogen-bond donors (Lipinski definition) is 1. The highest BCUT2D eigenvalue weighted by Gasteiger charge is 2.42. The van der Waals surface area contributed by atoms with Crippen molar-refractivity contribution in [3.05, 3.63) is 34.9 Å². The Morgan fingerprint density at radius 3 is 2.83 bits per heavy atom. The molecule has 2 fully saturated rings. The number of carbonyl (C=O) groups excluding carboxylic acids is 1. The van der Waals surface area contributed by atoms with Gasteiger partial charge in [-0.15, -0.1) is 0 Å². The average Bonchev–Trinajstić information content (AvgIpc) is 3.23. The van der Waals surface area contributed by atoms with Gasteiger partial charge in [0.05, 0.1) is 11.4 Å². The van der Waals surface area contributed by atoms with Gasteiger partial charge in [0.2, 0.25) is 5.91 Å². The Bertz CT molecular complexity index is 829. The molecule has 4 heteroatoms. The molecule has 3 aliphatic rings. The van der Waals surface area contributed by atoms with Crippen LogP contribution in [-0.4, -0.2) is 30.5 Å². The quantitative estimate of drug-likeness (QED) is 0.878. The molecule has 2 aliphatic heterocycles. The Kier molecular flexibility index (Phi) is 2.73. The summed E-state index contributed by atoms with van der Waals surface area (Å²) in [5.74, 6) is 1.84. The minimum atomic E-state index is 0.146. The van der Waals surface area contributed by atoms with Crippen molar-refractivity contribution in [2.75, 3.05) is 24.5 Å². The molecular formula is C19H21N3O.